The van der Waals surface area contributed by atoms with Crippen molar-refractivity contribution in [2.45, 2.75) is 32.9 Å². The first kappa shape index (κ1) is 16.0. The topological polar surface area (TPSA) is 45.2 Å². The van der Waals surface area contributed by atoms with Crippen LogP contribution in [0.25, 0.3) is 0 Å². The number of aryl methyl sites for hydroxylation is 1. The van der Waals surface area contributed by atoms with Gasteiger partial charge in [-0.2, -0.15) is 0 Å². The number of amides is 2. The molecule has 116 valence electrons. The maximum Gasteiger partial charge on any atom is 0.317 e. The fourth-order valence-electron chi connectivity index (χ4n) is 2.23. The van der Waals surface area contributed by atoms with E-state index in [1.165, 1.54) is 5.56 Å². The standard InChI is InChI=1S/C18H23N3O/c1-4-15-8-10-16(11-9-15)13-21(3)18(22)20-14(2)17-7-5-6-12-19-17/h5-12,14H,4,13H2,1-3H3,(H,20,22)/t14-/m0/s1. The second-order valence-corrected chi connectivity index (χ2v) is 5.45. The zero-order chi connectivity index (χ0) is 15.9. The van der Waals surface area contributed by atoms with Gasteiger partial charge >= 0.3 is 6.03 Å². The zero-order valence-corrected chi connectivity index (χ0v) is 13.4. The fourth-order valence-corrected chi connectivity index (χ4v) is 2.23. The lowest BCUT2D eigenvalue weighted by Gasteiger charge is -2.21. The Kier molecular flexibility index (Phi) is 5.53. The molecule has 1 atom stereocenters. The summed E-state index contributed by atoms with van der Waals surface area (Å²) in [4.78, 5) is 18.2. The highest BCUT2D eigenvalue weighted by atomic mass is 16.2. The largest absolute Gasteiger partial charge is 0.330 e. The maximum atomic E-state index is 12.2. The average Bonchev–Trinajstić information content (AvgIpc) is 2.56. The van der Waals surface area contributed by atoms with Crippen LogP contribution in [0.15, 0.2) is 48.7 Å². The minimum atomic E-state index is -0.112. The number of aromatic nitrogens is 1. The summed E-state index contributed by atoms with van der Waals surface area (Å²) in [6.45, 7) is 4.66. The number of nitrogens with zero attached hydrogens (tertiary/aromatic N) is 2. The van der Waals surface area contributed by atoms with Gasteiger partial charge in [0, 0.05) is 19.8 Å². The second-order valence-electron chi connectivity index (χ2n) is 5.45. The van der Waals surface area contributed by atoms with Crippen LogP contribution in [0.5, 0.6) is 0 Å². The second kappa shape index (κ2) is 7.59. The van der Waals surface area contributed by atoms with Crippen LogP contribution >= 0.6 is 0 Å². The third kappa shape index (κ3) is 4.32. The fraction of sp³-hybridized carbons (Fsp3) is 0.333. The van der Waals surface area contributed by atoms with E-state index in [0.717, 1.165) is 17.7 Å². The number of rotatable bonds is 5. The molecule has 0 fully saturated rings. The number of hydrogen-bond acceptors (Lipinski definition) is 2. The van der Waals surface area contributed by atoms with Crippen molar-refractivity contribution in [1.82, 2.24) is 15.2 Å². The smallest absolute Gasteiger partial charge is 0.317 e. The molecule has 1 N–H and O–H groups in total. The lowest BCUT2D eigenvalue weighted by Crippen LogP contribution is -2.38. The monoisotopic (exact) mass is 297 g/mol. The molecule has 0 unspecified atom stereocenters. The molecule has 0 radical (unpaired) electrons. The highest BCUT2D eigenvalue weighted by Crippen LogP contribution is 2.10. The van der Waals surface area contributed by atoms with Crippen LogP contribution in [0.3, 0.4) is 0 Å². The van der Waals surface area contributed by atoms with Crippen molar-refractivity contribution in [3.63, 3.8) is 0 Å². The number of urea groups is 1. The van der Waals surface area contributed by atoms with Gasteiger partial charge in [-0.05, 0) is 36.6 Å². The van der Waals surface area contributed by atoms with E-state index in [9.17, 15) is 4.79 Å². The van der Waals surface area contributed by atoms with E-state index in [0.29, 0.717) is 6.54 Å². The molecule has 0 saturated heterocycles. The Morgan fingerprint density at radius 1 is 1.18 bits per heavy atom. The van der Waals surface area contributed by atoms with Crippen molar-refractivity contribution in [3.8, 4) is 0 Å². The highest BCUT2D eigenvalue weighted by Gasteiger charge is 2.14. The lowest BCUT2D eigenvalue weighted by atomic mass is 10.1. The molecule has 1 aromatic carbocycles. The highest BCUT2D eigenvalue weighted by molar-refractivity contribution is 5.74. The third-order valence-corrected chi connectivity index (χ3v) is 3.67. The van der Waals surface area contributed by atoms with Crippen LogP contribution in [0.4, 0.5) is 4.79 Å². The summed E-state index contributed by atoms with van der Waals surface area (Å²) in [7, 11) is 1.80. The normalized spacial score (nSPS) is 11.8. The summed E-state index contributed by atoms with van der Waals surface area (Å²) < 4.78 is 0. The zero-order valence-electron chi connectivity index (χ0n) is 13.4. The summed E-state index contributed by atoms with van der Waals surface area (Å²) in [5.74, 6) is 0. The van der Waals surface area contributed by atoms with Crippen molar-refractivity contribution in [3.05, 3.63) is 65.5 Å². The number of nitrogens with one attached hydrogen (secondary N) is 1. The molecule has 0 spiro atoms. The van der Waals surface area contributed by atoms with Gasteiger partial charge in [0.1, 0.15) is 0 Å². The third-order valence-electron chi connectivity index (χ3n) is 3.67. The molecule has 22 heavy (non-hydrogen) atoms. The van der Waals surface area contributed by atoms with Crippen molar-refractivity contribution in [1.29, 1.82) is 0 Å². The summed E-state index contributed by atoms with van der Waals surface area (Å²) in [5.41, 5.74) is 3.29. The Morgan fingerprint density at radius 3 is 2.45 bits per heavy atom. The molecule has 0 aliphatic carbocycles. The molecule has 0 aliphatic heterocycles. The molecule has 2 aromatic rings. The van der Waals surface area contributed by atoms with Gasteiger partial charge in [0.2, 0.25) is 0 Å². The predicted octanol–water partition coefficient (Wildman–Crippen LogP) is 3.55. The van der Waals surface area contributed by atoms with Crippen molar-refractivity contribution in [2.75, 3.05) is 7.05 Å². The Hall–Kier alpha value is -2.36. The van der Waals surface area contributed by atoms with Crippen molar-refractivity contribution in [2.24, 2.45) is 0 Å². The lowest BCUT2D eigenvalue weighted by molar-refractivity contribution is 0.203. The van der Waals surface area contributed by atoms with E-state index < -0.39 is 0 Å². The number of carbonyl (C=O) groups excluding carboxylic acids is 1. The molecule has 1 aromatic heterocycles. The van der Waals surface area contributed by atoms with E-state index in [1.807, 2.05) is 25.1 Å². The Balaban J connectivity index is 1.91. The number of carbonyl (C=O) groups is 1. The van der Waals surface area contributed by atoms with Gasteiger partial charge in [0.25, 0.3) is 0 Å². The molecule has 0 saturated carbocycles. The van der Waals surface area contributed by atoms with Crippen molar-refractivity contribution >= 4 is 6.03 Å². The molecular weight excluding hydrogens is 274 g/mol. The molecule has 4 heteroatoms. The van der Waals surface area contributed by atoms with Gasteiger partial charge in [0.15, 0.2) is 0 Å². The summed E-state index contributed by atoms with van der Waals surface area (Å²) in [6, 6.07) is 13.9. The SMILES string of the molecule is CCc1ccc(CN(C)C(=O)N[C@@H](C)c2ccccn2)cc1. The number of pyridine rings is 1. The van der Waals surface area contributed by atoms with E-state index in [-0.39, 0.29) is 12.1 Å². The first-order valence-corrected chi connectivity index (χ1v) is 7.60. The Morgan fingerprint density at radius 2 is 1.86 bits per heavy atom. The minimum absolute atomic E-state index is 0.0993. The van der Waals surface area contributed by atoms with Gasteiger partial charge in [-0.1, -0.05) is 37.3 Å². The van der Waals surface area contributed by atoms with Gasteiger partial charge in [-0.25, -0.2) is 4.79 Å². The van der Waals surface area contributed by atoms with E-state index in [2.05, 4.69) is 41.5 Å². The van der Waals surface area contributed by atoms with Gasteiger partial charge in [-0.15, -0.1) is 0 Å². The van der Waals surface area contributed by atoms with Gasteiger partial charge in [-0.3, -0.25) is 4.98 Å². The minimum Gasteiger partial charge on any atom is -0.330 e. The van der Waals surface area contributed by atoms with Crippen molar-refractivity contribution < 1.29 is 4.79 Å². The molecular formula is C18H23N3O. The molecule has 2 amide bonds. The van der Waals surface area contributed by atoms with E-state index >= 15 is 0 Å². The molecule has 2 rings (SSSR count). The number of benzene rings is 1. The van der Waals surface area contributed by atoms with Crippen LogP contribution in [0.2, 0.25) is 0 Å². The average molecular weight is 297 g/mol. The molecule has 1 heterocycles. The van der Waals surface area contributed by atoms with Crippen LogP contribution < -0.4 is 5.32 Å². The van der Waals surface area contributed by atoms with Crippen LogP contribution in [-0.2, 0) is 13.0 Å². The first-order chi connectivity index (χ1) is 10.6. The number of hydrogen-bond donors (Lipinski definition) is 1. The summed E-state index contributed by atoms with van der Waals surface area (Å²) in [6.07, 6.45) is 2.76. The van der Waals surface area contributed by atoms with E-state index in [4.69, 9.17) is 0 Å². The molecule has 0 bridgehead atoms. The van der Waals surface area contributed by atoms with E-state index in [1.54, 1.807) is 18.1 Å². The Bertz CT molecular complexity index is 595. The van der Waals surface area contributed by atoms with Crippen LogP contribution in [0.1, 0.15) is 36.7 Å². The van der Waals surface area contributed by atoms with Gasteiger partial charge < -0.3 is 10.2 Å². The molecule has 4 nitrogen and oxygen atoms in total. The quantitative estimate of drug-likeness (QED) is 0.917. The summed E-state index contributed by atoms with van der Waals surface area (Å²) >= 11 is 0. The first-order valence-electron chi connectivity index (χ1n) is 7.60. The summed E-state index contributed by atoms with van der Waals surface area (Å²) in [5, 5.41) is 2.96. The predicted molar refractivity (Wildman–Crippen MR) is 88.5 cm³/mol. The van der Waals surface area contributed by atoms with Crippen LogP contribution in [-0.4, -0.2) is 23.0 Å². The van der Waals surface area contributed by atoms with Gasteiger partial charge in [0.05, 0.1) is 11.7 Å². The van der Waals surface area contributed by atoms with Crippen LogP contribution in [0, 0.1) is 0 Å². The Labute approximate surface area is 132 Å². The molecule has 0 aliphatic rings. The maximum absolute atomic E-state index is 12.2.